The quantitative estimate of drug-likeness (QED) is 0.217. The number of hydrogen-bond acceptors (Lipinski definition) is 6. The van der Waals surface area contributed by atoms with Gasteiger partial charge >= 0.3 is 11.9 Å². The summed E-state index contributed by atoms with van der Waals surface area (Å²) in [4.78, 5) is 26.7. The lowest BCUT2D eigenvalue weighted by Crippen LogP contribution is -2.52. The predicted octanol–water partition coefficient (Wildman–Crippen LogP) is 6.05. The first-order valence-electron chi connectivity index (χ1n) is 12.8. The molecule has 0 bridgehead atoms. The fraction of sp³-hybridized carbons (Fsp3) is 0.182. The molecule has 0 amide bonds. The zero-order chi connectivity index (χ0) is 28.2. The van der Waals surface area contributed by atoms with Crippen LogP contribution >= 0.6 is 0 Å². The Kier molecular flexibility index (Phi) is 7.52. The Labute approximate surface area is 232 Å². The second-order valence-corrected chi connectivity index (χ2v) is 9.54. The van der Waals surface area contributed by atoms with Gasteiger partial charge in [-0.05, 0) is 46.5 Å². The third-order valence-corrected chi connectivity index (χ3v) is 7.52. The predicted molar refractivity (Wildman–Crippen MR) is 148 cm³/mol. The number of ether oxygens (including phenoxy) is 3. The van der Waals surface area contributed by atoms with Gasteiger partial charge in [0.2, 0.25) is 0 Å². The van der Waals surface area contributed by atoms with E-state index >= 15 is 0 Å². The lowest BCUT2D eigenvalue weighted by molar-refractivity contribution is -0.158. The van der Waals surface area contributed by atoms with E-state index < -0.39 is 35.6 Å². The molecule has 0 aliphatic heterocycles. The molecule has 0 radical (unpaired) electrons. The van der Waals surface area contributed by atoms with E-state index in [1.165, 1.54) is 14.2 Å². The average Bonchev–Trinajstić information content (AvgIpc) is 2.97. The van der Waals surface area contributed by atoms with Crippen LogP contribution in [0.4, 0.5) is 0 Å². The zero-order valence-electron chi connectivity index (χ0n) is 22.0. The lowest BCUT2D eigenvalue weighted by atomic mass is 9.52. The summed E-state index contributed by atoms with van der Waals surface area (Å²) in [5.41, 5.74) is 3.08. The molecule has 3 unspecified atom stereocenters. The Balaban J connectivity index is 1.60. The number of rotatable bonds is 8. The number of nitriles is 1. The average molecular weight is 534 g/mol. The Morgan fingerprint density at radius 1 is 0.700 bits per heavy atom. The molecule has 1 N–H and O–H groups in total. The van der Waals surface area contributed by atoms with Crippen LogP contribution in [0.1, 0.15) is 28.5 Å². The van der Waals surface area contributed by atoms with Gasteiger partial charge in [0.05, 0.1) is 31.6 Å². The topological polar surface area (TPSA) is 106 Å². The second-order valence-electron chi connectivity index (χ2n) is 9.54. The molecule has 0 saturated heterocycles. The van der Waals surface area contributed by atoms with Gasteiger partial charge in [-0.25, -0.2) is 0 Å². The summed E-state index contributed by atoms with van der Waals surface area (Å²) in [7, 11) is 3.01. The minimum atomic E-state index is -1.04. The van der Waals surface area contributed by atoms with Crippen molar-refractivity contribution in [1.29, 1.82) is 5.26 Å². The second kappa shape index (κ2) is 11.3. The summed E-state index contributed by atoms with van der Waals surface area (Å²) in [5, 5.41) is 20.1. The maximum atomic E-state index is 14.0. The van der Waals surface area contributed by atoms with Crippen LogP contribution in [0.3, 0.4) is 0 Å². The van der Waals surface area contributed by atoms with Crippen molar-refractivity contribution in [2.45, 2.75) is 11.8 Å². The van der Waals surface area contributed by atoms with Crippen LogP contribution in [-0.2, 0) is 9.59 Å². The minimum Gasteiger partial charge on any atom is -0.496 e. The molecule has 0 heterocycles. The monoisotopic (exact) mass is 533 g/mol. The maximum absolute atomic E-state index is 14.0. The van der Waals surface area contributed by atoms with Crippen molar-refractivity contribution in [3.05, 3.63) is 114 Å². The smallest absolute Gasteiger partial charge is 0.315 e. The van der Waals surface area contributed by atoms with Crippen LogP contribution in [-0.4, -0.2) is 31.3 Å². The third kappa shape index (κ3) is 4.76. The molecule has 4 aromatic rings. The number of hydrogen-bond donors (Lipinski definition) is 1. The molecule has 0 spiro atoms. The number of esters is 1. The summed E-state index contributed by atoms with van der Waals surface area (Å²) in [5.74, 6) is -3.90. The number of carbonyl (C=O) groups excluding carboxylic acids is 1. The standard InChI is InChI=1S/C33H27NO6/c1-38-25-14-8-6-12-23(25)28-30(32(35)36)29(24-13-7-9-15-26(24)39-2)31(28)33(37)40-27-18-21(16-17-22(27)19-34)20-10-4-3-5-11-20/h3-18,28-31H,1-2H3,(H,35,36)/t28-,29?,30?,31?/m0/s1. The van der Waals surface area contributed by atoms with E-state index in [2.05, 4.69) is 6.07 Å². The summed E-state index contributed by atoms with van der Waals surface area (Å²) >= 11 is 0. The number of methoxy groups -OCH3 is 2. The molecular weight excluding hydrogens is 506 g/mol. The van der Waals surface area contributed by atoms with Gasteiger partial charge in [0.15, 0.2) is 0 Å². The van der Waals surface area contributed by atoms with Crippen molar-refractivity contribution in [1.82, 2.24) is 0 Å². The molecule has 0 aromatic heterocycles. The Morgan fingerprint density at radius 2 is 1.25 bits per heavy atom. The summed E-state index contributed by atoms with van der Waals surface area (Å²) < 4.78 is 17.0. The molecule has 7 nitrogen and oxygen atoms in total. The summed E-state index contributed by atoms with van der Waals surface area (Å²) in [6.45, 7) is 0. The maximum Gasteiger partial charge on any atom is 0.315 e. The molecule has 1 fully saturated rings. The van der Waals surface area contributed by atoms with Gasteiger partial charge in [-0.3, -0.25) is 9.59 Å². The molecule has 1 saturated carbocycles. The lowest BCUT2D eigenvalue weighted by Gasteiger charge is -2.49. The molecule has 40 heavy (non-hydrogen) atoms. The number of carboxylic acid groups (broad SMARTS) is 1. The Morgan fingerprint density at radius 3 is 1.77 bits per heavy atom. The highest BCUT2D eigenvalue weighted by molar-refractivity contribution is 5.87. The van der Waals surface area contributed by atoms with Crippen molar-refractivity contribution in [3.63, 3.8) is 0 Å². The van der Waals surface area contributed by atoms with Crippen molar-refractivity contribution in [2.75, 3.05) is 14.2 Å². The van der Waals surface area contributed by atoms with E-state index in [0.29, 0.717) is 22.6 Å². The highest BCUT2D eigenvalue weighted by Crippen LogP contribution is 2.60. The van der Waals surface area contributed by atoms with E-state index in [0.717, 1.165) is 11.1 Å². The minimum absolute atomic E-state index is 0.116. The number of benzene rings is 4. The van der Waals surface area contributed by atoms with Gasteiger partial charge in [-0.15, -0.1) is 0 Å². The van der Waals surface area contributed by atoms with Gasteiger partial charge in [0, 0.05) is 11.8 Å². The molecule has 1 aliphatic carbocycles. The summed E-state index contributed by atoms with van der Waals surface area (Å²) in [6.07, 6.45) is 0. The molecule has 7 heteroatoms. The van der Waals surface area contributed by atoms with E-state index in [1.807, 2.05) is 30.3 Å². The summed E-state index contributed by atoms with van der Waals surface area (Å²) in [6, 6.07) is 30.9. The number of carbonyl (C=O) groups is 2. The van der Waals surface area contributed by atoms with E-state index in [9.17, 15) is 20.0 Å². The number of aliphatic carboxylic acids is 1. The largest absolute Gasteiger partial charge is 0.496 e. The number of nitrogens with zero attached hydrogens (tertiary/aromatic N) is 1. The fourth-order valence-corrected chi connectivity index (χ4v) is 5.69. The first-order valence-corrected chi connectivity index (χ1v) is 12.8. The highest BCUT2D eigenvalue weighted by Gasteiger charge is 2.60. The van der Waals surface area contributed by atoms with Crippen LogP contribution in [0.25, 0.3) is 11.1 Å². The number of para-hydroxylation sites is 2. The van der Waals surface area contributed by atoms with Crippen LogP contribution in [0.15, 0.2) is 97.1 Å². The molecular formula is C33H27NO6. The fourth-order valence-electron chi connectivity index (χ4n) is 5.69. The van der Waals surface area contributed by atoms with Gasteiger partial charge < -0.3 is 19.3 Å². The van der Waals surface area contributed by atoms with Crippen LogP contribution in [0.2, 0.25) is 0 Å². The first-order chi connectivity index (χ1) is 19.5. The van der Waals surface area contributed by atoms with Gasteiger partial charge in [-0.2, -0.15) is 5.26 Å². The molecule has 5 rings (SSSR count). The Bertz CT molecular complexity index is 1540. The SMILES string of the molecule is COc1ccccc1C1C(C(=O)O)[C@H](c2ccccc2OC)C1C(=O)Oc1cc(-c2ccccc2)ccc1C#N. The van der Waals surface area contributed by atoms with E-state index in [1.54, 1.807) is 66.7 Å². The number of carboxylic acids is 1. The molecule has 4 aromatic carbocycles. The van der Waals surface area contributed by atoms with Crippen molar-refractivity contribution in [2.24, 2.45) is 11.8 Å². The van der Waals surface area contributed by atoms with Crippen molar-refractivity contribution >= 4 is 11.9 Å². The normalized spacial score (nSPS) is 19.5. The molecule has 1 aliphatic rings. The van der Waals surface area contributed by atoms with Gasteiger partial charge in [0.25, 0.3) is 0 Å². The zero-order valence-corrected chi connectivity index (χ0v) is 22.0. The Hall–Kier alpha value is -5.09. The van der Waals surface area contributed by atoms with Gasteiger partial charge in [-0.1, -0.05) is 72.8 Å². The van der Waals surface area contributed by atoms with E-state index in [-0.39, 0.29) is 11.3 Å². The van der Waals surface area contributed by atoms with Crippen molar-refractivity contribution in [3.8, 4) is 34.4 Å². The molecule has 200 valence electrons. The molecule has 4 atom stereocenters. The van der Waals surface area contributed by atoms with Gasteiger partial charge in [0.1, 0.15) is 23.3 Å². The van der Waals surface area contributed by atoms with E-state index in [4.69, 9.17) is 14.2 Å². The highest BCUT2D eigenvalue weighted by atomic mass is 16.5. The van der Waals surface area contributed by atoms with Crippen molar-refractivity contribution < 1.29 is 28.9 Å². The van der Waals surface area contributed by atoms with Crippen LogP contribution in [0, 0.1) is 23.2 Å². The van der Waals surface area contributed by atoms with Crippen LogP contribution < -0.4 is 14.2 Å². The third-order valence-electron chi connectivity index (χ3n) is 7.52. The van der Waals surface area contributed by atoms with Crippen LogP contribution in [0.5, 0.6) is 17.2 Å². The first kappa shape index (κ1) is 26.5.